The highest BCUT2D eigenvalue weighted by molar-refractivity contribution is 5.85. The lowest BCUT2D eigenvalue weighted by molar-refractivity contribution is -0.138. The largest absolute Gasteiger partial charge is 0.371 e. The highest BCUT2D eigenvalue weighted by Gasteiger charge is 2.28. The molecule has 1 aliphatic rings. The van der Waals surface area contributed by atoms with Crippen LogP contribution < -0.4 is 0 Å². The molecule has 4 heteroatoms. The van der Waals surface area contributed by atoms with Crippen LogP contribution in [0.2, 0.25) is 0 Å². The van der Waals surface area contributed by atoms with E-state index in [-0.39, 0.29) is 18.6 Å². The average Bonchev–Trinajstić information content (AvgIpc) is 2.93. The minimum Gasteiger partial charge on any atom is -0.371 e. The van der Waals surface area contributed by atoms with Gasteiger partial charge < -0.3 is 9.64 Å². The van der Waals surface area contributed by atoms with Crippen LogP contribution in [0.5, 0.6) is 0 Å². The molecule has 1 saturated heterocycles. The molecule has 4 aromatic rings. The number of hydrogen-bond donors (Lipinski definition) is 0. The Kier molecular flexibility index (Phi) is 7.52. The van der Waals surface area contributed by atoms with Gasteiger partial charge in [-0.25, -0.2) is 0 Å². The Hall–Kier alpha value is -3.47. The third-order valence-corrected chi connectivity index (χ3v) is 6.88. The molecule has 1 heterocycles. The van der Waals surface area contributed by atoms with Crippen LogP contribution in [0.3, 0.4) is 0 Å². The van der Waals surface area contributed by atoms with Crippen LogP contribution in [0.1, 0.15) is 22.7 Å². The van der Waals surface area contributed by atoms with E-state index in [0.717, 1.165) is 32.6 Å². The quantitative estimate of drug-likeness (QED) is 0.330. The Labute approximate surface area is 207 Å². The molecule has 1 aliphatic heterocycles. The van der Waals surface area contributed by atoms with E-state index in [1.807, 2.05) is 4.90 Å². The van der Waals surface area contributed by atoms with Crippen LogP contribution in [-0.4, -0.2) is 55.1 Å². The summed E-state index contributed by atoms with van der Waals surface area (Å²) in [5.41, 5.74) is 3.84. The smallest absolute Gasteiger partial charge is 0.248 e. The van der Waals surface area contributed by atoms with Crippen LogP contribution in [0.4, 0.5) is 0 Å². The number of carbonyl (C=O) groups is 1. The van der Waals surface area contributed by atoms with E-state index in [4.69, 9.17) is 4.74 Å². The van der Waals surface area contributed by atoms with Crippen molar-refractivity contribution >= 4 is 16.7 Å². The summed E-state index contributed by atoms with van der Waals surface area (Å²) in [6.07, 6.45) is 0.804. The summed E-state index contributed by atoms with van der Waals surface area (Å²) in [5.74, 6) is 0.0820. The highest BCUT2D eigenvalue weighted by Crippen LogP contribution is 2.29. The first-order valence-electron chi connectivity index (χ1n) is 12.5. The Balaban J connectivity index is 1.14. The Morgan fingerprint density at radius 3 is 2.00 bits per heavy atom. The third kappa shape index (κ3) is 5.61. The molecule has 0 radical (unpaired) electrons. The first kappa shape index (κ1) is 23.3. The first-order chi connectivity index (χ1) is 17.3. The number of rotatable bonds is 8. The third-order valence-electron chi connectivity index (χ3n) is 6.88. The van der Waals surface area contributed by atoms with Gasteiger partial charge in [0.05, 0.1) is 12.6 Å². The predicted molar refractivity (Wildman–Crippen MR) is 141 cm³/mol. The van der Waals surface area contributed by atoms with E-state index in [2.05, 4.69) is 108 Å². The summed E-state index contributed by atoms with van der Waals surface area (Å²) in [7, 11) is 0. The molecule has 0 bridgehead atoms. The molecule has 4 nitrogen and oxygen atoms in total. The van der Waals surface area contributed by atoms with Crippen molar-refractivity contribution in [2.24, 2.45) is 0 Å². The number of ether oxygens (including phenoxy) is 1. The number of benzene rings is 4. The molecule has 178 valence electrons. The second-order valence-electron chi connectivity index (χ2n) is 9.08. The zero-order valence-corrected chi connectivity index (χ0v) is 20.1. The number of nitrogens with zero attached hydrogens (tertiary/aromatic N) is 2. The molecule has 0 aromatic heterocycles. The van der Waals surface area contributed by atoms with Gasteiger partial charge in [0.1, 0.15) is 6.61 Å². The molecule has 0 atom stereocenters. The van der Waals surface area contributed by atoms with Crippen LogP contribution in [0, 0.1) is 0 Å². The lowest BCUT2D eigenvalue weighted by Crippen LogP contribution is -2.50. The molecule has 0 N–H and O–H groups in total. The van der Waals surface area contributed by atoms with Gasteiger partial charge in [-0.1, -0.05) is 103 Å². The van der Waals surface area contributed by atoms with Crippen LogP contribution in [-0.2, 0) is 16.0 Å². The number of piperazine rings is 1. The van der Waals surface area contributed by atoms with E-state index in [1.54, 1.807) is 0 Å². The molecule has 0 spiro atoms. The van der Waals surface area contributed by atoms with E-state index in [0.29, 0.717) is 6.61 Å². The van der Waals surface area contributed by atoms with Crippen molar-refractivity contribution in [1.82, 2.24) is 9.80 Å². The average molecular weight is 465 g/mol. The molecular formula is C31H32N2O2. The minimum atomic E-state index is 0.0820. The lowest BCUT2D eigenvalue weighted by atomic mass is 9.96. The topological polar surface area (TPSA) is 32.8 Å². The van der Waals surface area contributed by atoms with Crippen molar-refractivity contribution in [1.29, 1.82) is 0 Å². The van der Waals surface area contributed by atoms with E-state index in [9.17, 15) is 4.79 Å². The summed E-state index contributed by atoms with van der Waals surface area (Å²) in [4.78, 5) is 17.2. The minimum absolute atomic E-state index is 0.0820. The summed E-state index contributed by atoms with van der Waals surface area (Å²) in [5, 5.41) is 2.50. The summed E-state index contributed by atoms with van der Waals surface area (Å²) < 4.78 is 5.81. The Bertz CT molecular complexity index is 1190. The molecule has 1 fully saturated rings. The maximum absolute atomic E-state index is 12.8. The first-order valence-corrected chi connectivity index (χ1v) is 12.5. The SMILES string of the molecule is O=C(COCCc1cccc2ccccc12)N1CCN(C(c2ccccc2)c2ccccc2)CC1. The number of fused-ring (bicyclic) bond motifs is 1. The standard InChI is InChI=1S/C31H32N2O2/c34-30(24-35-23-18-26-16-9-15-25-10-7-8-17-29(25)26)32-19-21-33(22-20-32)31(27-11-3-1-4-12-27)28-13-5-2-6-14-28/h1-17,31H,18-24H2. The number of carbonyl (C=O) groups excluding carboxylic acids is 1. The van der Waals surface area contributed by atoms with Gasteiger partial charge in [0.2, 0.25) is 5.91 Å². The molecule has 5 rings (SSSR count). The van der Waals surface area contributed by atoms with Crippen molar-refractivity contribution in [2.75, 3.05) is 39.4 Å². The van der Waals surface area contributed by atoms with Crippen LogP contribution in [0.15, 0.2) is 103 Å². The van der Waals surface area contributed by atoms with Crippen molar-refractivity contribution in [2.45, 2.75) is 12.5 Å². The van der Waals surface area contributed by atoms with Gasteiger partial charge in [-0.05, 0) is 33.9 Å². The van der Waals surface area contributed by atoms with Crippen molar-refractivity contribution in [3.05, 3.63) is 120 Å². The van der Waals surface area contributed by atoms with Crippen molar-refractivity contribution in [3.63, 3.8) is 0 Å². The van der Waals surface area contributed by atoms with E-state index < -0.39 is 0 Å². The van der Waals surface area contributed by atoms with E-state index in [1.165, 1.54) is 27.5 Å². The fourth-order valence-electron chi connectivity index (χ4n) is 5.06. The Morgan fingerprint density at radius 2 is 1.31 bits per heavy atom. The van der Waals surface area contributed by atoms with Gasteiger partial charge in [0.25, 0.3) is 0 Å². The summed E-state index contributed by atoms with van der Waals surface area (Å²) in [6, 6.07) is 36.2. The molecule has 4 aromatic carbocycles. The lowest BCUT2D eigenvalue weighted by Gasteiger charge is -2.39. The maximum Gasteiger partial charge on any atom is 0.248 e. The second kappa shape index (κ2) is 11.3. The molecule has 0 aliphatic carbocycles. The van der Waals surface area contributed by atoms with Crippen LogP contribution in [0.25, 0.3) is 10.8 Å². The van der Waals surface area contributed by atoms with Gasteiger partial charge in [-0.3, -0.25) is 9.69 Å². The molecule has 0 saturated carbocycles. The van der Waals surface area contributed by atoms with E-state index >= 15 is 0 Å². The van der Waals surface area contributed by atoms with Crippen LogP contribution >= 0.6 is 0 Å². The fraction of sp³-hybridized carbons (Fsp3) is 0.258. The number of amides is 1. The maximum atomic E-state index is 12.8. The highest BCUT2D eigenvalue weighted by atomic mass is 16.5. The number of hydrogen-bond acceptors (Lipinski definition) is 3. The van der Waals surface area contributed by atoms with Gasteiger partial charge >= 0.3 is 0 Å². The fourth-order valence-corrected chi connectivity index (χ4v) is 5.06. The second-order valence-corrected chi connectivity index (χ2v) is 9.08. The molecule has 35 heavy (non-hydrogen) atoms. The van der Waals surface area contributed by atoms with Gasteiger partial charge in [-0.15, -0.1) is 0 Å². The zero-order chi connectivity index (χ0) is 23.9. The monoisotopic (exact) mass is 464 g/mol. The zero-order valence-electron chi connectivity index (χ0n) is 20.1. The summed E-state index contributed by atoms with van der Waals surface area (Å²) >= 11 is 0. The van der Waals surface area contributed by atoms with Gasteiger partial charge in [0, 0.05) is 26.2 Å². The van der Waals surface area contributed by atoms with Gasteiger partial charge in [-0.2, -0.15) is 0 Å². The Morgan fingerprint density at radius 1 is 0.714 bits per heavy atom. The molecule has 0 unspecified atom stereocenters. The summed E-state index contributed by atoms with van der Waals surface area (Å²) in [6.45, 7) is 3.82. The van der Waals surface area contributed by atoms with Crippen molar-refractivity contribution in [3.8, 4) is 0 Å². The van der Waals surface area contributed by atoms with Gasteiger partial charge in [0.15, 0.2) is 0 Å². The normalized spacial score (nSPS) is 14.5. The van der Waals surface area contributed by atoms with Crippen molar-refractivity contribution < 1.29 is 9.53 Å². The molecular weight excluding hydrogens is 432 g/mol. The molecule has 1 amide bonds. The predicted octanol–water partition coefficient (Wildman–Crippen LogP) is 5.33.